The summed E-state index contributed by atoms with van der Waals surface area (Å²) in [6, 6.07) is 6.96. The molecule has 0 radical (unpaired) electrons. The van der Waals surface area contributed by atoms with Crippen LogP contribution >= 0.6 is 0 Å². The van der Waals surface area contributed by atoms with Crippen molar-refractivity contribution >= 4 is 11.9 Å². The Kier molecular flexibility index (Phi) is 8.77. The molecule has 1 aromatic carbocycles. The molecule has 8 nitrogen and oxygen atoms in total. The second-order valence-electron chi connectivity index (χ2n) is 5.44. The Bertz CT molecular complexity index is 539. The molecule has 0 fully saturated rings. The number of nitrogens with two attached hydrogens (primary N) is 2. The van der Waals surface area contributed by atoms with E-state index in [1.165, 1.54) is 5.01 Å². The van der Waals surface area contributed by atoms with Gasteiger partial charge in [0.25, 0.3) is 0 Å². The predicted molar refractivity (Wildman–Crippen MR) is 89.8 cm³/mol. The molecule has 5 N–H and O–H groups in total. The summed E-state index contributed by atoms with van der Waals surface area (Å²) < 4.78 is 10.3. The lowest BCUT2D eigenvalue weighted by Crippen LogP contribution is -2.44. The molecule has 0 saturated heterocycles. The lowest BCUT2D eigenvalue weighted by Gasteiger charge is -2.18. The van der Waals surface area contributed by atoms with Gasteiger partial charge in [0, 0.05) is 19.5 Å². The molecular weight excluding hydrogens is 312 g/mol. The number of nitrogens with one attached hydrogen (secondary N) is 1. The first-order valence-corrected chi connectivity index (χ1v) is 7.69. The van der Waals surface area contributed by atoms with E-state index in [-0.39, 0.29) is 31.5 Å². The highest BCUT2D eigenvalue weighted by Gasteiger charge is 2.13. The van der Waals surface area contributed by atoms with Crippen molar-refractivity contribution in [3.8, 4) is 5.75 Å². The van der Waals surface area contributed by atoms with Crippen molar-refractivity contribution in [3.63, 3.8) is 0 Å². The zero-order valence-electron chi connectivity index (χ0n) is 14.2. The van der Waals surface area contributed by atoms with Crippen LogP contribution in [0.15, 0.2) is 24.3 Å². The zero-order chi connectivity index (χ0) is 17.9. The minimum Gasteiger partial charge on any atom is -0.497 e. The smallest absolute Gasteiger partial charge is 0.322 e. The van der Waals surface area contributed by atoms with Gasteiger partial charge in [-0.15, -0.1) is 0 Å². The van der Waals surface area contributed by atoms with E-state index < -0.39 is 5.97 Å². The standard InChI is InChI=1S/C16H26N4O4/c1-20(19-15(21)9-13(18)6-7-17)10-16(22)24-11-12-4-3-5-14(8-12)23-2/h3-5,8,13H,6-7,9-11,17-18H2,1-2H3,(H,19,21)/t13-/m0/s1. The maximum Gasteiger partial charge on any atom is 0.322 e. The minimum atomic E-state index is -0.452. The van der Waals surface area contributed by atoms with E-state index in [4.69, 9.17) is 20.9 Å². The molecule has 0 aliphatic heterocycles. The van der Waals surface area contributed by atoms with Crippen LogP contribution in [0.2, 0.25) is 0 Å². The number of hydrogen-bond donors (Lipinski definition) is 3. The first kappa shape index (κ1) is 19.9. The van der Waals surface area contributed by atoms with E-state index in [0.29, 0.717) is 18.7 Å². The predicted octanol–water partition coefficient (Wildman–Crippen LogP) is -0.232. The second kappa shape index (κ2) is 10.6. The quantitative estimate of drug-likeness (QED) is 0.398. The van der Waals surface area contributed by atoms with Crippen LogP contribution in [0, 0.1) is 0 Å². The summed E-state index contributed by atoms with van der Waals surface area (Å²) in [5.41, 5.74) is 14.5. The molecule has 8 heteroatoms. The van der Waals surface area contributed by atoms with Gasteiger partial charge in [0.1, 0.15) is 18.9 Å². The average Bonchev–Trinajstić information content (AvgIpc) is 2.52. The third-order valence-corrected chi connectivity index (χ3v) is 3.20. The summed E-state index contributed by atoms with van der Waals surface area (Å²) in [5, 5.41) is 1.37. The van der Waals surface area contributed by atoms with Crippen LogP contribution in [0.1, 0.15) is 18.4 Å². The summed E-state index contributed by atoms with van der Waals surface area (Å²) >= 11 is 0. The first-order valence-electron chi connectivity index (χ1n) is 7.69. The molecule has 0 aliphatic carbocycles. The Morgan fingerprint density at radius 1 is 1.38 bits per heavy atom. The van der Waals surface area contributed by atoms with Crippen LogP contribution in [-0.2, 0) is 20.9 Å². The number of esters is 1. The SMILES string of the molecule is COc1cccc(COC(=O)CN(C)NC(=O)C[C@@H](N)CCN)c1. The number of likely N-dealkylation sites (N-methyl/N-ethyl adjacent to an activating group) is 1. The molecule has 0 unspecified atom stereocenters. The van der Waals surface area contributed by atoms with Gasteiger partial charge in [-0.1, -0.05) is 12.1 Å². The van der Waals surface area contributed by atoms with E-state index in [0.717, 1.165) is 5.56 Å². The van der Waals surface area contributed by atoms with E-state index in [2.05, 4.69) is 5.43 Å². The molecule has 1 atom stereocenters. The fourth-order valence-electron chi connectivity index (χ4n) is 2.02. The van der Waals surface area contributed by atoms with E-state index in [1.54, 1.807) is 20.2 Å². The molecular formula is C16H26N4O4. The first-order chi connectivity index (χ1) is 11.4. The van der Waals surface area contributed by atoms with Crippen molar-refractivity contribution in [1.29, 1.82) is 0 Å². The Morgan fingerprint density at radius 3 is 2.79 bits per heavy atom. The van der Waals surface area contributed by atoms with E-state index in [1.807, 2.05) is 18.2 Å². The van der Waals surface area contributed by atoms with Gasteiger partial charge in [-0.25, -0.2) is 5.01 Å². The van der Waals surface area contributed by atoms with Crippen molar-refractivity contribution in [2.24, 2.45) is 11.5 Å². The number of carbonyl (C=O) groups is 2. The summed E-state index contributed by atoms with van der Waals surface area (Å²) in [4.78, 5) is 23.5. The van der Waals surface area contributed by atoms with Gasteiger partial charge < -0.3 is 20.9 Å². The molecule has 134 valence electrons. The molecule has 0 aromatic heterocycles. The number of ether oxygens (including phenoxy) is 2. The fraction of sp³-hybridized carbons (Fsp3) is 0.500. The Balaban J connectivity index is 2.32. The minimum absolute atomic E-state index is 0.0676. The van der Waals surface area contributed by atoms with Gasteiger partial charge in [0.15, 0.2) is 0 Å². The van der Waals surface area contributed by atoms with E-state index >= 15 is 0 Å². The van der Waals surface area contributed by atoms with Crippen LogP contribution in [-0.4, -0.2) is 50.2 Å². The monoisotopic (exact) mass is 338 g/mol. The summed E-state index contributed by atoms with van der Waals surface area (Å²) in [7, 11) is 3.15. The van der Waals surface area contributed by atoms with Crippen LogP contribution in [0.5, 0.6) is 5.75 Å². The number of nitrogens with zero attached hydrogens (tertiary/aromatic N) is 1. The van der Waals surface area contributed by atoms with Crippen molar-refractivity contribution < 1.29 is 19.1 Å². The molecule has 1 aromatic rings. The number of amides is 1. The maximum absolute atomic E-state index is 11.8. The highest BCUT2D eigenvalue weighted by Crippen LogP contribution is 2.13. The van der Waals surface area contributed by atoms with Crippen molar-refractivity contribution in [2.75, 3.05) is 27.2 Å². The number of methoxy groups -OCH3 is 1. The van der Waals surface area contributed by atoms with Crippen LogP contribution in [0.3, 0.4) is 0 Å². The van der Waals surface area contributed by atoms with Crippen LogP contribution in [0.25, 0.3) is 0 Å². The second-order valence-corrected chi connectivity index (χ2v) is 5.44. The fourth-order valence-corrected chi connectivity index (χ4v) is 2.02. The average molecular weight is 338 g/mol. The highest BCUT2D eigenvalue weighted by molar-refractivity contribution is 5.77. The van der Waals surface area contributed by atoms with Gasteiger partial charge in [0.05, 0.1) is 7.11 Å². The number of carbonyl (C=O) groups excluding carboxylic acids is 2. The maximum atomic E-state index is 11.8. The van der Waals surface area contributed by atoms with Gasteiger partial charge in [-0.2, -0.15) is 0 Å². The third-order valence-electron chi connectivity index (χ3n) is 3.20. The third kappa shape index (κ3) is 7.91. The largest absolute Gasteiger partial charge is 0.497 e. The highest BCUT2D eigenvalue weighted by atomic mass is 16.5. The van der Waals surface area contributed by atoms with Crippen LogP contribution in [0.4, 0.5) is 0 Å². The molecule has 1 amide bonds. The number of hydrogen-bond acceptors (Lipinski definition) is 7. The molecule has 0 spiro atoms. The normalized spacial score (nSPS) is 11.9. The van der Waals surface area contributed by atoms with Crippen LogP contribution < -0.4 is 21.6 Å². The number of hydrazine groups is 1. The zero-order valence-corrected chi connectivity index (χ0v) is 14.2. The van der Waals surface area contributed by atoms with Crippen molar-refractivity contribution in [2.45, 2.75) is 25.5 Å². The molecule has 0 heterocycles. The van der Waals surface area contributed by atoms with Crippen molar-refractivity contribution in [3.05, 3.63) is 29.8 Å². The number of rotatable bonds is 10. The van der Waals surface area contributed by atoms with Crippen molar-refractivity contribution in [1.82, 2.24) is 10.4 Å². The molecule has 0 aliphatic rings. The molecule has 0 saturated carbocycles. The molecule has 0 bridgehead atoms. The topological polar surface area (TPSA) is 120 Å². The number of benzene rings is 1. The Hall–Kier alpha value is -2.16. The molecule has 1 rings (SSSR count). The lowest BCUT2D eigenvalue weighted by molar-refractivity contribution is -0.147. The Morgan fingerprint density at radius 2 is 2.12 bits per heavy atom. The van der Waals surface area contributed by atoms with Gasteiger partial charge in [-0.3, -0.25) is 15.0 Å². The Labute approximate surface area is 142 Å². The van der Waals surface area contributed by atoms with Gasteiger partial charge >= 0.3 is 5.97 Å². The van der Waals surface area contributed by atoms with E-state index in [9.17, 15) is 9.59 Å². The van der Waals surface area contributed by atoms with Gasteiger partial charge in [-0.05, 0) is 30.7 Å². The van der Waals surface area contributed by atoms with Gasteiger partial charge in [0.2, 0.25) is 5.91 Å². The summed E-state index contributed by atoms with van der Waals surface area (Å²) in [5.74, 6) is -0.0207. The lowest BCUT2D eigenvalue weighted by atomic mass is 10.1. The summed E-state index contributed by atoms with van der Waals surface area (Å²) in [6.45, 7) is 0.502. The summed E-state index contributed by atoms with van der Waals surface area (Å²) in [6.07, 6.45) is 0.722. The molecule has 24 heavy (non-hydrogen) atoms.